The van der Waals surface area contributed by atoms with E-state index >= 15 is 0 Å². The molecule has 1 amide bonds. The Morgan fingerprint density at radius 1 is 1.19 bits per heavy atom. The lowest BCUT2D eigenvalue weighted by Gasteiger charge is -2.10. The Balaban J connectivity index is 1.33. The molecule has 136 valence electrons. The summed E-state index contributed by atoms with van der Waals surface area (Å²) < 4.78 is 6.32. The van der Waals surface area contributed by atoms with Gasteiger partial charge >= 0.3 is 0 Å². The zero-order chi connectivity index (χ0) is 18.6. The summed E-state index contributed by atoms with van der Waals surface area (Å²) in [5.41, 5.74) is 1.59. The number of aromatic nitrogens is 4. The first-order chi connectivity index (χ1) is 13.2. The molecule has 0 spiro atoms. The molecule has 27 heavy (non-hydrogen) atoms. The largest absolute Gasteiger partial charge is 0.347 e. The van der Waals surface area contributed by atoms with Gasteiger partial charge in [-0.05, 0) is 31.2 Å². The second-order valence-electron chi connectivity index (χ2n) is 6.04. The number of nitrogens with one attached hydrogen (secondary N) is 1. The molecule has 0 aliphatic carbocycles. The number of nitrogens with zero attached hydrogens (tertiary/aromatic N) is 4. The van der Waals surface area contributed by atoms with E-state index in [1.807, 2.05) is 43.3 Å². The van der Waals surface area contributed by atoms with Crippen molar-refractivity contribution in [2.75, 3.05) is 0 Å². The minimum atomic E-state index is -0.151. The molecule has 4 aromatic rings. The van der Waals surface area contributed by atoms with Crippen molar-refractivity contribution in [3.63, 3.8) is 0 Å². The van der Waals surface area contributed by atoms with Crippen molar-refractivity contribution >= 4 is 27.5 Å². The maximum Gasteiger partial charge on any atom is 0.227 e. The van der Waals surface area contributed by atoms with E-state index < -0.39 is 0 Å². The molecule has 3 aromatic heterocycles. The van der Waals surface area contributed by atoms with Crippen molar-refractivity contribution in [1.82, 2.24) is 25.4 Å². The van der Waals surface area contributed by atoms with Crippen LogP contribution in [-0.4, -0.2) is 26.0 Å². The van der Waals surface area contributed by atoms with E-state index in [9.17, 15) is 4.79 Å². The molecule has 1 N–H and O–H groups in total. The highest BCUT2D eigenvalue weighted by Gasteiger charge is 2.16. The highest BCUT2D eigenvalue weighted by molar-refractivity contribution is 7.18. The number of aryl methyl sites for hydroxylation is 1. The standard InChI is InChI=1S/C19H17N5O2S/c1-12(19-22-13-6-2-3-8-15(13)27-19)21-16(25)9-10-17-23-18(24-26-17)14-7-4-5-11-20-14/h2-8,11-12H,9-10H2,1H3,(H,21,25). The molecule has 1 unspecified atom stereocenters. The quantitative estimate of drug-likeness (QED) is 0.551. The van der Waals surface area contributed by atoms with Gasteiger partial charge in [0.05, 0.1) is 16.3 Å². The lowest BCUT2D eigenvalue weighted by Crippen LogP contribution is -2.26. The molecule has 8 heteroatoms. The summed E-state index contributed by atoms with van der Waals surface area (Å²) in [4.78, 5) is 25.3. The monoisotopic (exact) mass is 379 g/mol. The number of hydrogen-bond donors (Lipinski definition) is 1. The molecule has 1 atom stereocenters. The van der Waals surface area contributed by atoms with Gasteiger partial charge in [-0.3, -0.25) is 9.78 Å². The van der Waals surface area contributed by atoms with E-state index in [1.165, 1.54) is 0 Å². The smallest absolute Gasteiger partial charge is 0.227 e. The molecular weight excluding hydrogens is 362 g/mol. The zero-order valence-electron chi connectivity index (χ0n) is 14.6. The molecule has 7 nitrogen and oxygen atoms in total. The van der Waals surface area contributed by atoms with Gasteiger partial charge in [0.25, 0.3) is 0 Å². The summed E-state index contributed by atoms with van der Waals surface area (Å²) in [6.07, 6.45) is 2.31. The molecule has 0 aliphatic heterocycles. The molecule has 4 rings (SSSR count). The number of carbonyl (C=O) groups excluding carboxylic acids is 1. The number of pyridine rings is 1. The maximum absolute atomic E-state index is 12.3. The molecular formula is C19H17N5O2S. The summed E-state index contributed by atoms with van der Waals surface area (Å²) in [5.74, 6) is 0.756. The summed E-state index contributed by atoms with van der Waals surface area (Å²) in [6.45, 7) is 1.93. The van der Waals surface area contributed by atoms with Crippen LogP contribution in [0.1, 0.15) is 30.3 Å². The Morgan fingerprint density at radius 3 is 2.85 bits per heavy atom. The summed E-state index contributed by atoms with van der Waals surface area (Å²) >= 11 is 1.59. The van der Waals surface area contributed by atoms with Gasteiger partial charge in [-0.25, -0.2) is 4.98 Å². The van der Waals surface area contributed by atoms with E-state index in [0.29, 0.717) is 23.8 Å². The number of carbonyl (C=O) groups is 1. The minimum Gasteiger partial charge on any atom is -0.347 e. The molecule has 0 saturated carbocycles. The highest BCUT2D eigenvalue weighted by atomic mass is 32.1. The Kier molecular flexibility index (Phi) is 4.88. The SMILES string of the molecule is CC(NC(=O)CCc1nc(-c2ccccn2)no1)c1nc2ccccc2s1. The van der Waals surface area contributed by atoms with Gasteiger partial charge in [-0.2, -0.15) is 4.98 Å². The average molecular weight is 379 g/mol. The summed E-state index contributed by atoms with van der Waals surface area (Å²) in [7, 11) is 0. The fourth-order valence-corrected chi connectivity index (χ4v) is 3.60. The lowest BCUT2D eigenvalue weighted by atomic mass is 10.2. The predicted octanol–water partition coefficient (Wildman–Crippen LogP) is 3.55. The molecule has 0 aliphatic rings. The van der Waals surface area contributed by atoms with Crippen LogP contribution in [0.3, 0.4) is 0 Å². The van der Waals surface area contributed by atoms with E-state index in [4.69, 9.17) is 4.52 Å². The van der Waals surface area contributed by atoms with Crippen LogP contribution in [0.15, 0.2) is 53.2 Å². The van der Waals surface area contributed by atoms with E-state index in [-0.39, 0.29) is 18.4 Å². The van der Waals surface area contributed by atoms with Crippen LogP contribution >= 0.6 is 11.3 Å². The molecule has 0 radical (unpaired) electrons. The molecule has 0 fully saturated rings. The Hall–Kier alpha value is -3.13. The second kappa shape index (κ2) is 7.63. The minimum absolute atomic E-state index is 0.0839. The maximum atomic E-state index is 12.3. The van der Waals surface area contributed by atoms with Crippen LogP contribution in [0, 0.1) is 0 Å². The van der Waals surface area contributed by atoms with Crippen molar-refractivity contribution in [2.24, 2.45) is 0 Å². The fourth-order valence-electron chi connectivity index (χ4n) is 2.63. The first-order valence-corrected chi connectivity index (χ1v) is 9.39. The van der Waals surface area contributed by atoms with E-state index in [1.54, 1.807) is 23.6 Å². The number of thiazole rings is 1. The Morgan fingerprint density at radius 2 is 2.04 bits per heavy atom. The zero-order valence-corrected chi connectivity index (χ0v) is 15.4. The van der Waals surface area contributed by atoms with Crippen LogP contribution < -0.4 is 5.32 Å². The number of para-hydroxylation sites is 1. The topological polar surface area (TPSA) is 93.8 Å². The van der Waals surface area contributed by atoms with Gasteiger partial charge in [0.1, 0.15) is 10.7 Å². The van der Waals surface area contributed by atoms with Crippen molar-refractivity contribution in [3.8, 4) is 11.5 Å². The van der Waals surface area contributed by atoms with Gasteiger partial charge in [0.2, 0.25) is 17.6 Å². The molecule has 1 aromatic carbocycles. The van der Waals surface area contributed by atoms with Crippen LogP contribution in [0.4, 0.5) is 0 Å². The van der Waals surface area contributed by atoms with E-state index in [0.717, 1.165) is 15.2 Å². The lowest BCUT2D eigenvalue weighted by molar-refractivity contribution is -0.121. The van der Waals surface area contributed by atoms with Gasteiger partial charge < -0.3 is 9.84 Å². The normalized spacial score (nSPS) is 12.2. The van der Waals surface area contributed by atoms with Gasteiger partial charge in [0.15, 0.2) is 0 Å². The average Bonchev–Trinajstić information content (AvgIpc) is 3.34. The molecule has 0 bridgehead atoms. The van der Waals surface area contributed by atoms with Crippen LogP contribution in [-0.2, 0) is 11.2 Å². The van der Waals surface area contributed by atoms with Crippen LogP contribution in [0.5, 0.6) is 0 Å². The Bertz CT molecular complexity index is 1030. The molecule has 0 saturated heterocycles. The van der Waals surface area contributed by atoms with Gasteiger partial charge in [0, 0.05) is 19.0 Å². The second-order valence-corrected chi connectivity index (χ2v) is 7.10. The van der Waals surface area contributed by atoms with Crippen molar-refractivity contribution in [2.45, 2.75) is 25.8 Å². The van der Waals surface area contributed by atoms with E-state index in [2.05, 4.69) is 25.4 Å². The number of fused-ring (bicyclic) bond motifs is 1. The number of amides is 1. The van der Waals surface area contributed by atoms with Crippen LogP contribution in [0.25, 0.3) is 21.7 Å². The number of benzene rings is 1. The number of hydrogen-bond acceptors (Lipinski definition) is 7. The first kappa shape index (κ1) is 17.3. The van der Waals surface area contributed by atoms with Crippen LogP contribution in [0.2, 0.25) is 0 Å². The third kappa shape index (κ3) is 4.01. The van der Waals surface area contributed by atoms with Gasteiger partial charge in [-0.1, -0.05) is 23.4 Å². The van der Waals surface area contributed by atoms with Crippen molar-refractivity contribution in [3.05, 3.63) is 59.6 Å². The van der Waals surface area contributed by atoms with Crippen molar-refractivity contribution in [1.29, 1.82) is 0 Å². The summed E-state index contributed by atoms with van der Waals surface area (Å²) in [6, 6.07) is 13.3. The fraction of sp³-hybridized carbons (Fsp3) is 0.211. The summed E-state index contributed by atoms with van der Waals surface area (Å²) in [5, 5.41) is 7.77. The number of rotatable bonds is 6. The first-order valence-electron chi connectivity index (χ1n) is 8.58. The highest BCUT2D eigenvalue weighted by Crippen LogP contribution is 2.26. The predicted molar refractivity (Wildman–Crippen MR) is 102 cm³/mol. The third-order valence-corrected chi connectivity index (χ3v) is 5.21. The molecule has 3 heterocycles. The Labute approximate surface area is 159 Å². The van der Waals surface area contributed by atoms with Crippen molar-refractivity contribution < 1.29 is 9.32 Å². The third-order valence-electron chi connectivity index (χ3n) is 3.99. The van der Waals surface area contributed by atoms with Gasteiger partial charge in [-0.15, -0.1) is 11.3 Å².